The lowest BCUT2D eigenvalue weighted by molar-refractivity contribution is 0.0793. The Morgan fingerprint density at radius 3 is 2.61 bits per heavy atom. The van der Waals surface area contributed by atoms with Gasteiger partial charge in [0.1, 0.15) is 24.2 Å². The number of allylic oxidation sites excluding steroid dienone is 4. The SMILES string of the molecule is C#CCOC(CN/C1=C/C/C(N)=C/C=C\C1)c1ccc(Oc2ccc(Cl)cc2)cc1Cl. The van der Waals surface area contributed by atoms with Crippen molar-refractivity contribution in [3.05, 3.63) is 93.8 Å². The third-order valence-corrected chi connectivity index (χ3v) is 5.20. The molecule has 3 rings (SSSR count). The van der Waals surface area contributed by atoms with Crippen LogP contribution in [0.4, 0.5) is 0 Å². The van der Waals surface area contributed by atoms with Crippen LogP contribution in [0.2, 0.25) is 10.0 Å². The van der Waals surface area contributed by atoms with Gasteiger partial charge in [-0.3, -0.25) is 0 Å². The molecule has 160 valence electrons. The van der Waals surface area contributed by atoms with E-state index in [2.05, 4.69) is 23.4 Å². The summed E-state index contributed by atoms with van der Waals surface area (Å²) in [6, 6.07) is 12.6. The molecular weight excluding hydrogens is 431 g/mol. The molecule has 0 heterocycles. The van der Waals surface area contributed by atoms with Crippen LogP contribution >= 0.6 is 23.2 Å². The lowest BCUT2D eigenvalue weighted by Gasteiger charge is -2.21. The number of nitrogens with one attached hydrogen (secondary N) is 1. The van der Waals surface area contributed by atoms with Crippen LogP contribution in [-0.4, -0.2) is 13.2 Å². The lowest BCUT2D eigenvalue weighted by Crippen LogP contribution is -2.23. The highest BCUT2D eigenvalue weighted by Gasteiger charge is 2.17. The first-order valence-corrected chi connectivity index (χ1v) is 10.6. The van der Waals surface area contributed by atoms with Crippen molar-refractivity contribution < 1.29 is 9.47 Å². The molecule has 0 radical (unpaired) electrons. The highest BCUT2D eigenvalue weighted by molar-refractivity contribution is 6.31. The number of benzene rings is 2. The topological polar surface area (TPSA) is 56.5 Å². The van der Waals surface area contributed by atoms with Crippen molar-refractivity contribution in [2.24, 2.45) is 5.73 Å². The molecule has 1 aliphatic rings. The summed E-state index contributed by atoms with van der Waals surface area (Å²) in [5, 5.41) is 4.62. The molecular formula is C25H24Cl2N2O2. The first-order chi connectivity index (χ1) is 15.0. The minimum atomic E-state index is -0.323. The van der Waals surface area contributed by atoms with Gasteiger partial charge in [-0.15, -0.1) is 6.42 Å². The molecule has 6 heteroatoms. The summed E-state index contributed by atoms with van der Waals surface area (Å²) >= 11 is 12.5. The number of ether oxygens (including phenoxy) is 2. The molecule has 0 spiro atoms. The lowest BCUT2D eigenvalue weighted by atomic mass is 10.1. The Kier molecular flexibility index (Phi) is 8.49. The van der Waals surface area contributed by atoms with E-state index in [9.17, 15) is 0 Å². The number of rotatable bonds is 8. The largest absolute Gasteiger partial charge is 0.457 e. The highest BCUT2D eigenvalue weighted by atomic mass is 35.5. The van der Waals surface area contributed by atoms with Crippen LogP contribution in [0.15, 0.2) is 78.2 Å². The van der Waals surface area contributed by atoms with Crippen LogP contribution in [0.5, 0.6) is 11.5 Å². The first-order valence-electron chi connectivity index (χ1n) is 9.87. The van der Waals surface area contributed by atoms with Crippen LogP contribution in [0, 0.1) is 12.3 Å². The molecule has 3 N–H and O–H groups in total. The van der Waals surface area contributed by atoms with Gasteiger partial charge in [-0.25, -0.2) is 0 Å². The van der Waals surface area contributed by atoms with Gasteiger partial charge in [-0.2, -0.15) is 0 Å². The van der Waals surface area contributed by atoms with Gasteiger partial charge in [0.15, 0.2) is 0 Å². The molecule has 0 aliphatic heterocycles. The van der Waals surface area contributed by atoms with Gasteiger partial charge in [0.05, 0.1) is 5.02 Å². The maximum Gasteiger partial charge on any atom is 0.128 e. The van der Waals surface area contributed by atoms with E-state index in [0.29, 0.717) is 34.5 Å². The molecule has 0 bridgehead atoms. The molecule has 0 amide bonds. The van der Waals surface area contributed by atoms with Crippen molar-refractivity contribution in [2.45, 2.75) is 18.9 Å². The minimum Gasteiger partial charge on any atom is -0.457 e. The zero-order chi connectivity index (χ0) is 22.1. The Bertz CT molecular complexity index is 1020. The quantitative estimate of drug-likeness (QED) is 0.470. The summed E-state index contributed by atoms with van der Waals surface area (Å²) in [5.41, 5.74) is 8.64. The van der Waals surface area contributed by atoms with Gasteiger partial charge in [-0.05, 0) is 42.5 Å². The van der Waals surface area contributed by atoms with E-state index in [1.807, 2.05) is 24.3 Å². The monoisotopic (exact) mass is 454 g/mol. The third kappa shape index (κ3) is 7.11. The maximum atomic E-state index is 6.57. The second kappa shape index (κ2) is 11.5. The number of halogens is 2. The van der Waals surface area contributed by atoms with Crippen molar-refractivity contribution in [2.75, 3.05) is 13.2 Å². The van der Waals surface area contributed by atoms with E-state index < -0.39 is 0 Å². The molecule has 0 saturated heterocycles. The van der Waals surface area contributed by atoms with Crippen LogP contribution in [-0.2, 0) is 4.74 Å². The van der Waals surface area contributed by atoms with Gasteiger partial charge in [0.25, 0.3) is 0 Å². The predicted octanol–water partition coefficient (Wildman–Crippen LogP) is 6.14. The van der Waals surface area contributed by atoms with Crippen LogP contribution in [0.3, 0.4) is 0 Å². The fraction of sp³-hybridized carbons (Fsp3) is 0.200. The Morgan fingerprint density at radius 2 is 1.87 bits per heavy atom. The predicted molar refractivity (Wildman–Crippen MR) is 127 cm³/mol. The molecule has 2 aromatic rings. The molecule has 0 aromatic heterocycles. The summed E-state index contributed by atoms with van der Waals surface area (Å²) in [4.78, 5) is 0. The van der Waals surface area contributed by atoms with E-state index >= 15 is 0 Å². The summed E-state index contributed by atoms with van der Waals surface area (Å²) in [5.74, 6) is 3.81. The second-order valence-electron chi connectivity index (χ2n) is 6.93. The van der Waals surface area contributed by atoms with Crippen molar-refractivity contribution >= 4 is 23.2 Å². The van der Waals surface area contributed by atoms with Crippen LogP contribution < -0.4 is 15.8 Å². The third-order valence-electron chi connectivity index (χ3n) is 4.62. The maximum absolute atomic E-state index is 6.57. The van der Waals surface area contributed by atoms with Gasteiger partial charge < -0.3 is 20.5 Å². The Morgan fingerprint density at radius 1 is 1.10 bits per heavy atom. The van der Waals surface area contributed by atoms with Gasteiger partial charge in [0, 0.05) is 41.4 Å². The fourth-order valence-electron chi connectivity index (χ4n) is 3.03. The summed E-state index contributed by atoms with van der Waals surface area (Å²) in [6.45, 7) is 0.697. The van der Waals surface area contributed by atoms with E-state index in [1.54, 1.807) is 30.3 Å². The zero-order valence-corrected chi connectivity index (χ0v) is 18.5. The van der Waals surface area contributed by atoms with E-state index in [4.69, 9.17) is 44.8 Å². The van der Waals surface area contributed by atoms with E-state index in [0.717, 1.165) is 23.4 Å². The normalized spacial score (nSPS) is 18.9. The second-order valence-corrected chi connectivity index (χ2v) is 7.77. The van der Waals surface area contributed by atoms with Gasteiger partial charge in [-0.1, -0.05) is 53.4 Å². The highest BCUT2D eigenvalue weighted by Crippen LogP contribution is 2.32. The Labute approximate surface area is 193 Å². The number of nitrogens with two attached hydrogens (primary N) is 1. The average Bonchev–Trinajstić information content (AvgIpc) is 2.75. The molecule has 31 heavy (non-hydrogen) atoms. The number of hydrogen-bond donors (Lipinski definition) is 2. The molecule has 1 unspecified atom stereocenters. The number of hydrogen-bond acceptors (Lipinski definition) is 4. The van der Waals surface area contributed by atoms with Crippen molar-refractivity contribution in [1.29, 1.82) is 0 Å². The summed E-state index contributed by atoms with van der Waals surface area (Å²) < 4.78 is 11.7. The van der Waals surface area contributed by atoms with E-state index in [-0.39, 0.29) is 12.7 Å². The molecule has 1 aliphatic carbocycles. The molecule has 2 aromatic carbocycles. The fourth-order valence-corrected chi connectivity index (χ4v) is 3.44. The summed E-state index contributed by atoms with van der Waals surface area (Å²) in [7, 11) is 0. The Balaban J connectivity index is 1.71. The molecule has 4 nitrogen and oxygen atoms in total. The molecule has 1 atom stereocenters. The smallest absolute Gasteiger partial charge is 0.128 e. The standard InChI is InChI=1S/C25H24Cl2N2O2/c1-2-15-30-25(17-29-20-6-4-3-5-19(28)9-10-20)23-14-13-22(16-24(23)27)31-21-11-7-18(26)8-12-21/h1,3-5,7-8,10-14,16,25,29H,6,9,15,17,28H2/b4-3-,19-5-,20-10+. The van der Waals surface area contributed by atoms with Crippen LogP contribution in [0.1, 0.15) is 24.5 Å². The van der Waals surface area contributed by atoms with Crippen molar-refractivity contribution in [1.82, 2.24) is 5.32 Å². The Hall–Kier alpha value is -2.84. The van der Waals surface area contributed by atoms with Crippen LogP contribution in [0.25, 0.3) is 0 Å². The summed E-state index contributed by atoms with van der Waals surface area (Å²) in [6.07, 6.45) is 14.6. The van der Waals surface area contributed by atoms with Crippen molar-refractivity contribution in [3.63, 3.8) is 0 Å². The first kappa shape index (κ1) is 22.8. The zero-order valence-electron chi connectivity index (χ0n) is 17.0. The van der Waals surface area contributed by atoms with E-state index in [1.165, 1.54) is 0 Å². The average molecular weight is 455 g/mol. The molecule has 0 saturated carbocycles. The number of terminal acetylenes is 1. The minimum absolute atomic E-state index is 0.181. The van der Waals surface area contributed by atoms with Crippen molar-refractivity contribution in [3.8, 4) is 23.8 Å². The molecule has 0 fully saturated rings. The van der Waals surface area contributed by atoms with Gasteiger partial charge in [0.2, 0.25) is 0 Å². The van der Waals surface area contributed by atoms with Gasteiger partial charge >= 0.3 is 0 Å².